The third kappa shape index (κ3) is 5.85. The number of ether oxygens (including phenoxy) is 6. The molecule has 0 bridgehead atoms. The minimum Gasteiger partial charge on any atom is -0.453 e. The molecule has 0 N–H and O–H groups in total. The molecule has 0 radical (unpaired) electrons. The smallest absolute Gasteiger partial charge is 0.330 e. The van der Waals surface area contributed by atoms with Crippen LogP contribution in [0.5, 0.6) is 0 Å². The van der Waals surface area contributed by atoms with Gasteiger partial charge in [0.15, 0.2) is 12.4 Å². The summed E-state index contributed by atoms with van der Waals surface area (Å²) in [5, 5.41) is 0. The summed E-state index contributed by atoms with van der Waals surface area (Å²) < 4.78 is 33.9. The molecule has 0 spiro atoms. The third-order valence-electron chi connectivity index (χ3n) is 4.27. The van der Waals surface area contributed by atoms with Crippen LogP contribution in [-0.2, 0) is 39.8 Å². The average Bonchev–Trinajstić information content (AvgIpc) is 2.68. The molecule has 27 heavy (non-hydrogen) atoms. The number of benzene rings is 1. The van der Waals surface area contributed by atoms with Crippen LogP contribution in [0.2, 0.25) is 0 Å². The summed E-state index contributed by atoms with van der Waals surface area (Å²) in [5.74, 6) is -0.481. The summed E-state index contributed by atoms with van der Waals surface area (Å²) in [6, 6.07) is 9.70. The first-order valence-corrected chi connectivity index (χ1v) is 8.83. The predicted molar refractivity (Wildman–Crippen MR) is 98.1 cm³/mol. The summed E-state index contributed by atoms with van der Waals surface area (Å²) >= 11 is 0. The standard InChI is InChI=1S/C20H28O7/c1-5-9-16(21)27-18-17(23-3)15(13-22-2)26-20(24-4)19(18)25-12-14-10-7-6-8-11-14/h5-11,15,17-20H,12-13H2,1-4H3/b9-5+/t15-,17-,18+,19+,20+/m1/s1. The lowest BCUT2D eigenvalue weighted by molar-refractivity contribution is -0.311. The Morgan fingerprint density at radius 3 is 2.41 bits per heavy atom. The molecule has 1 aliphatic heterocycles. The van der Waals surface area contributed by atoms with E-state index < -0.39 is 36.7 Å². The normalized spacial score (nSPS) is 28.4. The highest BCUT2D eigenvalue weighted by molar-refractivity contribution is 5.82. The van der Waals surface area contributed by atoms with E-state index in [0.717, 1.165) is 5.56 Å². The van der Waals surface area contributed by atoms with Crippen LogP contribution in [0.25, 0.3) is 0 Å². The quantitative estimate of drug-likeness (QED) is 0.480. The minimum absolute atomic E-state index is 0.265. The van der Waals surface area contributed by atoms with Gasteiger partial charge in [-0.3, -0.25) is 0 Å². The van der Waals surface area contributed by atoms with Crippen molar-refractivity contribution in [3.63, 3.8) is 0 Å². The van der Waals surface area contributed by atoms with Crippen molar-refractivity contribution in [2.75, 3.05) is 27.9 Å². The molecule has 5 atom stereocenters. The Morgan fingerprint density at radius 1 is 1.07 bits per heavy atom. The maximum absolute atomic E-state index is 12.1. The molecule has 1 aromatic rings. The maximum Gasteiger partial charge on any atom is 0.330 e. The van der Waals surface area contributed by atoms with Gasteiger partial charge in [-0.15, -0.1) is 0 Å². The fourth-order valence-corrected chi connectivity index (χ4v) is 3.04. The van der Waals surface area contributed by atoms with Crippen LogP contribution in [0.4, 0.5) is 0 Å². The van der Waals surface area contributed by atoms with Crippen LogP contribution in [0.1, 0.15) is 12.5 Å². The Morgan fingerprint density at radius 2 is 1.81 bits per heavy atom. The van der Waals surface area contributed by atoms with Gasteiger partial charge in [0.1, 0.15) is 18.3 Å². The van der Waals surface area contributed by atoms with Crippen molar-refractivity contribution in [3.05, 3.63) is 48.0 Å². The van der Waals surface area contributed by atoms with Gasteiger partial charge < -0.3 is 28.4 Å². The van der Waals surface area contributed by atoms with Crippen molar-refractivity contribution in [2.45, 2.75) is 44.2 Å². The van der Waals surface area contributed by atoms with E-state index in [-0.39, 0.29) is 6.61 Å². The third-order valence-corrected chi connectivity index (χ3v) is 4.27. The highest BCUT2D eigenvalue weighted by Gasteiger charge is 2.49. The number of rotatable bonds is 9. The molecule has 1 heterocycles. The van der Waals surface area contributed by atoms with Gasteiger partial charge in [-0.05, 0) is 12.5 Å². The molecule has 0 aliphatic carbocycles. The van der Waals surface area contributed by atoms with Gasteiger partial charge >= 0.3 is 5.97 Å². The lowest BCUT2D eigenvalue weighted by atomic mass is 9.98. The largest absolute Gasteiger partial charge is 0.453 e. The van der Waals surface area contributed by atoms with E-state index in [1.807, 2.05) is 30.3 Å². The van der Waals surface area contributed by atoms with Crippen molar-refractivity contribution in [1.82, 2.24) is 0 Å². The van der Waals surface area contributed by atoms with Crippen LogP contribution in [0.3, 0.4) is 0 Å². The van der Waals surface area contributed by atoms with Crippen molar-refractivity contribution in [3.8, 4) is 0 Å². The molecule has 1 fully saturated rings. The Hall–Kier alpha value is -1.77. The van der Waals surface area contributed by atoms with Gasteiger partial charge in [0, 0.05) is 27.4 Å². The first-order chi connectivity index (χ1) is 13.1. The van der Waals surface area contributed by atoms with Crippen LogP contribution < -0.4 is 0 Å². The Labute approximate surface area is 160 Å². The highest BCUT2D eigenvalue weighted by atomic mass is 16.7. The number of carbonyl (C=O) groups is 1. The SMILES string of the molecule is C/C=C/C(=O)O[C@@H]1[C@H](OCc2ccccc2)[C@@H](OC)O[C@H](COC)[C@H]1OC. The van der Waals surface area contributed by atoms with E-state index in [2.05, 4.69) is 0 Å². The molecule has 1 saturated heterocycles. The van der Waals surface area contributed by atoms with Gasteiger partial charge in [-0.2, -0.15) is 0 Å². The van der Waals surface area contributed by atoms with Gasteiger partial charge in [-0.1, -0.05) is 36.4 Å². The lowest BCUT2D eigenvalue weighted by Gasteiger charge is -2.44. The second-order valence-corrected chi connectivity index (χ2v) is 6.10. The number of esters is 1. The zero-order valence-electron chi connectivity index (χ0n) is 16.2. The fraction of sp³-hybridized carbons (Fsp3) is 0.550. The van der Waals surface area contributed by atoms with Crippen molar-refractivity contribution in [2.24, 2.45) is 0 Å². The number of hydrogen-bond acceptors (Lipinski definition) is 7. The monoisotopic (exact) mass is 380 g/mol. The van der Waals surface area contributed by atoms with Crippen LogP contribution >= 0.6 is 0 Å². The predicted octanol–water partition coefficient (Wildman–Crippen LogP) is 2.09. The molecule has 7 nitrogen and oxygen atoms in total. The van der Waals surface area contributed by atoms with E-state index in [9.17, 15) is 4.79 Å². The molecular weight excluding hydrogens is 352 g/mol. The molecular formula is C20H28O7. The number of allylic oxidation sites excluding steroid dienone is 1. The Kier molecular flexibility index (Phi) is 8.90. The van der Waals surface area contributed by atoms with Crippen LogP contribution in [0.15, 0.2) is 42.5 Å². The average molecular weight is 380 g/mol. The molecule has 0 saturated carbocycles. The molecule has 1 aromatic carbocycles. The first kappa shape index (κ1) is 21.5. The van der Waals surface area contributed by atoms with Gasteiger partial charge in [-0.25, -0.2) is 4.79 Å². The zero-order chi connectivity index (χ0) is 19.6. The van der Waals surface area contributed by atoms with Gasteiger partial charge in [0.25, 0.3) is 0 Å². The van der Waals surface area contributed by atoms with Crippen LogP contribution in [-0.4, -0.2) is 64.6 Å². The molecule has 1 aliphatic rings. The number of methoxy groups -OCH3 is 3. The summed E-state index contributed by atoms with van der Waals surface area (Å²) in [6.45, 7) is 2.33. The van der Waals surface area contributed by atoms with Crippen molar-refractivity contribution in [1.29, 1.82) is 0 Å². The molecule has 0 unspecified atom stereocenters. The highest BCUT2D eigenvalue weighted by Crippen LogP contribution is 2.29. The summed E-state index contributed by atoms with van der Waals surface area (Å²) in [6.07, 6.45) is -0.184. The lowest BCUT2D eigenvalue weighted by Crippen LogP contribution is -2.61. The van der Waals surface area contributed by atoms with Crippen LogP contribution in [0, 0.1) is 0 Å². The summed E-state index contributed by atoms with van der Waals surface area (Å²) in [5.41, 5.74) is 0.985. The van der Waals surface area contributed by atoms with Crippen molar-refractivity contribution >= 4 is 5.97 Å². The molecule has 7 heteroatoms. The van der Waals surface area contributed by atoms with E-state index >= 15 is 0 Å². The molecule has 0 amide bonds. The minimum atomic E-state index is -0.733. The zero-order valence-corrected chi connectivity index (χ0v) is 16.2. The second kappa shape index (κ2) is 11.2. The Bertz CT molecular complexity index is 589. The molecule has 2 rings (SSSR count). The Balaban J connectivity index is 2.23. The molecule has 150 valence electrons. The summed E-state index contributed by atoms with van der Waals surface area (Å²) in [4.78, 5) is 12.1. The number of hydrogen-bond donors (Lipinski definition) is 0. The fourth-order valence-electron chi connectivity index (χ4n) is 3.04. The van der Waals surface area contributed by atoms with E-state index in [1.54, 1.807) is 20.1 Å². The molecule has 0 aromatic heterocycles. The summed E-state index contributed by atoms with van der Waals surface area (Å²) in [7, 11) is 4.62. The van der Waals surface area contributed by atoms with Crippen molar-refractivity contribution < 1.29 is 33.2 Å². The van der Waals surface area contributed by atoms with Gasteiger partial charge in [0.2, 0.25) is 0 Å². The van der Waals surface area contributed by atoms with E-state index in [0.29, 0.717) is 6.61 Å². The maximum atomic E-state index is 12.1. The second-order valence-electron chi connectivity index (χ2n) is 6.10. The van der Waals surface area contributed by atoms with E-state index in [4.69, 9.17) is 28.4 Å². The van der Waals surface area contributed by atoms with E-state index in [1.165, 1.54) is 20.3 Å². The topological polar surface area (TPSA) is 72.5 Å². The number of carbonyl (C=O) groups excluding carboxylic acids is 1. The first-order valence-electron chi connectivity index (χ1n) is 8.83. The van der Waals surface area contributed by atoms with Gasteiger partial charge in [0.05, 0.1) is 13.2 Å².